The maximum absolute atomic E-state index is 13.5. The molecule has 5 aromatic rings. The summed E-state index contributed by atoms with van der Waals surface area (Å²) in [6.45, 7) is 6.11. The second-order valence-electron chi connectivity index (χ2n) is 9.09. The van der Waals surface area contributed by atoms with Crippen LogP contribution in [0.2, 0.25) is 5.02 Å². The summed E-state index contributed by atoms with van der Waals surface area (Å²) in [7, 11) is 2.15. The van der Waals surface area contributed by atoms with Crippen molar-refractivity contribution in [3.8, 4) is 5.69 Å². The number of fused-ring (bicyclic) bond motifs is 3. The molecule has 36 heavy (non-hydrogen) atoms. The van der Waals surface area contributed by atoms with Crippen molar-refractivity contribution >= 4 is 45.7 Å². The van der Waals surface area contributed by atoms with Crippen LogP contribution < -0.4 is 15.8 Å². The number of hydrogen-bond donors (Lipinski definition) is 1. The van der Waals surface area contributed by atoms with Crippen LogP contribution in [-0.2, 0) is 0 Å². The average molecular weight is 501 g/mol. The van der Waals surface area contributed by atoms with Gasteiger partial charge in [-0.2, -0.15) is 4.98 Å². The minimum atomic E-state index is -0.280. The molecule has 0 aliphatic carbocycles. The van der Waals surface area contributed by atoms with Gasteiger partial charge >= 0.3 is 0 Å². The molecule has 0 atom stereocenters. The maximum atomic E-state index is 13.5. The number of halogens is 1. The highest BCUT2D eigenvalue weighted by molar-refractivity contribution is 6.32. The first-order chi connectivity index (χ1) is 17.5. The van der Waals surface area contributed by atoms with Gasteiger partial charge in [0.25, 0.3) is 5.56 Å². The molecule has 3 aromatic heterocycles. The van der Waals surface area contributed by atoms with Gasteiger partial charge in [-0.15, -0.1) is 0 Å². The van der Waals surface area contributed by atoms with E-state index in [1.165, 1.54) is 10.3 Å². The summed E-state index contributed by atoms with van der Waals surface area (Å²) in [5, 5.41) is 4.10. The van der Waals surface area contributed by atoms with Gasteiger partial charge in [-0.25, -0.2) is 14.5 Å². The topological polar surface area (TPSA) is 83.6 Å². The Hall–Kier alpha value is -3.95. The summed E-state index contributed by atoms with van der Waals surface area (Å²) in [5.74, 6) is 0.829. The molecule has 0 bridgehead atoms. The van der Waals surface area contributed by atoms with Gasteiger partial charge in [0.15, 0.2) is 5.65 Å². The second kappa shape index (κ2) is 8.92. The molecular formula is C26H25ClN8O. The van der Waals surface area contributed by atoms with Gasteiger partial charge < -0.3 is 15.1 Å². The molecule has 1 aliphatic rings. The van der Waals surface area contributed by atoms with Gasteiger partial charge in [0.2, 0.25) is 11.7 Å². The van der Waals surface area contributed by atoms with Crippen molar-refractivity contribution in [3.05, 3.63) is 82.0 Å². The zero-order valence-electron chi connectivity index (χ0n) is 20.0. The summed E-state index contributed by atoms with van der Waals surface area (Å²) >= 11 is 6.49. The van der Waals surface area contributed by atoms with E-state index < -0.39 is 0 Å². The van der Waals surface area contributed by atoms with Gasteiger partial charge in [-0.3, -0.25) is 9.20 Å². The Morgan fingerprint density at radius 2 is 1.78 bits per heavy atom. The minimum Gasteiger partial charge on any atom is -0.369 e. The van der Waals surface area contributed by atoms with E-state index in [1.807, 2.05) is 37.3 Å². The summed E-state index contributed by atoms with van der Waals surface area (Å²) < 4.78 is 3.27. The third kappa shape index (κ3) is 3.96. The number of benzene rings is 2. The first-order valence-corrected chi connectivity index (χ1v) is 12.2. The van der Waals surface area contributed by atoms with E-state index in [1.54, 1.807) is 23.0 Å². The predicted molar refractivity (Wildman–Crippen MR) is 143 cm³/mol. The quantitative estimate of drug-likeness (QED) is 0.401. The maximum Gasteiger partial charge on any atom is 0.270 e. The molecule has 4 heterocycles. The third-order valence-corrected chi connectivity index (χ3v) is 6.89. The number of anilines is 3. The average Bonchev–Trinajstić information content (AvgIpc) is 3.36. The monoisotopic (exact) mass is 500 g/mol. The first-order valence-electron chi connectivity index (χ1n) is 11.8. The summed E-state index contributed by atoms with van der Waals surface area (Å²) in [6, 6.07) is 13.8. The van der Waals surface area contributed by atoms with Crippen LogP contribution in [0.1, 0.15) is 5.56 Å². The number of rotatable bonds is 4. The van der Waals surface area contributed by atoms with Gasteiger partial charge in [-0.1, -0.05) is 17.7 Å². The number of piperazine rings is 1. The molecule has 2 aromatic carbocycles. The van der Waals surface area contributed by atoms with Gasteiger partial charge in [0.05, 0.1) is 10.7 Å². The fraction of sp³-hybridized carbons (Fsp3) is 0.231. The smallest absolute Gasteiger partial charge is 0.270 e. The van der Waals surface area contributed by atoms with Gasteiger partial charge in [-0.05, 0) is 55.9 Å². The largest absolute Gasteiger partial charge is 0.369 e. The SMILES string of the molecule is Cc1ccc(-n2c(=O)c3cnc(Nc4ccc(N5CCN(C)CC5)cc4)nc3n3ccnc23)c(Cl)c1. The molecular weight excluding hydrogens is 476 g/mol. The molecule has 10 heteroatoms. The molecule has 182 valence electrons. The number of hydrogen-bond acceptors (Lipinski definition) is 7. The minimum absolute atomic E-state index is 0.280. The van der Waals surface area contributed by atoms with Crippen LogP contribution in [-0.4, -0.2) is 62.0 Å². The van der Waals surface area contributed by atoms with Crippen molar-refractivity contribution in [2.45, 2.75) is 6.92 Å². The number of aryl methyl sites for hydroxylation is 1. The Morgan fingerprint density at radius 1 is 1.00 bits per heavy atom. The second-order valence-corrected chi connectivity index (χ2v) is 9.49. The normalized spacial score (nSPS) is 14.6. The lowest BCUT2D eigenvalue weighted by Crippen LogP contribution is -2.44. The Bertz CT molecular complexity index is 1630. The van der Waals surface area contributed by atoms with Crippen molar-refractivity contribution in [1.29, 1.82) is 0 Å². The van der Waals surface area contributed by atoms with E-state index >= 15 is 0 Å². The molecule has 6 rings (SSSR count). The fourth-order valence-corrected chi connectivity index (χ4v) is 4.88. The van der Waals surface area contributed by atoms with Crippen molar-refractivity contribution in [3.63, 3.8) is 0 Å². The van der Waals surface area contributed by atoms with E-state index in [-0.39, 0.29) is 5.56 Å². The molecule has 0 radical (unpaired) electrons. The lowest BCUT2D eigenvalue weighted by atomic mass is 10.2. The lowest BCUT2D eigenvalue weighted by molar-refractivity contribution is 0.313. The summed E-state index contributed by atoms with van der Waals surface area (Å²) in [5.41, 5.74) is 3.83. The highest BCUT2D eigenvalue weighted by atomic mass is 35.5. The fourth-order valence-electron chi connectivity index (χ4n) is 4.56. The van der Waals surface area contributed by atoms with Crippen LogP contribution in [0.4, 0.5) is 17.3 Å². The molecule has 1 N–H and O–H groups in total. The zero-order chi connectivity index (χ0) is 24.8. The number of likely N-dealkylation sites (N-methyl/N-ethyl adjacent to an activating group) is 1. The van der Waals surface area contributed by atoms with E-state index in [0.29, 0.717) is 33.5 Å². The third-order valence-electron chi connectivity index (χ3n) is 6.59. The number of nitrogens with zero attached hydrogens (tertiary/aromatic N) is 7. The Morgan fingerprint density at radius 3 is 2.53 bits per heavy atom. The number of aromatic nitrogens is 5. The Labute approximate surface area is 212 Å². The van der Waals surface area contributed by atoms with Crippen molar-refractivity contribution in [1.82, 2.24) is 28.8 Å². The van der Waals surface area contributed by atoms with Crippen molar-refractivity contribution in [2.75, 3.05) is 43.4 Å². The van der Waals surface area contributed by atoms with Crippen LogP contribution in [0, 0.1) is 6.92 Å². The van der Waals surface area contributed by atoms with Crippen LogP contribution in [0.25, 0.3) is 22.5 Å². The summed E-state index contributed by atoms with van der Waals surface area (Å²) in [4.78, 5) is 31.7. The molecule has 0 amide bonds. The molecule has 0 saturated carbocycles. The predicted octanol–water partition coefficient (Wildman–Crippen LogP) is 3.89. The Balaban J connectivity index is 1.35. The van der Waals surface area contributed by atoms with Crippen LogP contribution in [0.15, 0.2) is 65.8 Å². The van der Waals surface area contributed by atoms with Crippen molar-refractivity contribution < 1.29 is 0 Å². The molecule has 1 saturated heterocycles. The lowest BCUT2D eigenvalue weighted by Gasteiger charge is -2.34. The van der Waals surface area contributed by atoms with E-state index in [9.17, 15) is 4.79 Å². The first kappa shape index (κ1) is 22.5. The van der Waals surface area contributed by atoms with Crippen LogP contribution in [0.5, 0.6) is 0 Å². The standard InChI is InChI=1S/C26H25ClN8O/c1-17-3-8-22(21(27)15-17)35-24(36)20-16-29-25(31-23(20)34-10-9-28-26(34)35)30-18-4-6-19(7-5-18)33-13-11-32(2)12-14-33/h3-10,15-16H,11-14H2,1-2H3,(H,29,30,31). The Kier molecular flexibility index (Phi) is 5.58. The molecule has 0 spiro atoms. The van der Waals surface area contributed by atoms with Gasteiger partial charge in [0.1, 0.15) is 5.39 Å². The zero-order valence-corrected chi connectivity index (χ0v) is 20.8. The highest BCUT2D eigenvalue weighted by Gasteiger charge is 2.18. The number of nitrogens with one attached hydrogen (secondary N) is 1. The summed E-state index contributed by atoms with van der Waals surface area (Å²) in [6.07, 6.45) is 4.96. The molecule has 1 fully saturated rings. The molecule has 9 nitrogen and oxygen atoms in total. The van der Waals surface area contributed by atoms with E-state index in [4.69, 9.17) is 11.6 Å². The van der Waals surface area contributed by atoms with Crippen LogP contribution in [0.3, 0.4) is 0 Å². The van der Waals surface area contributed by atoms with Gasteiger partial charge in [0, 0.05) is 56.1 Å². The molecule has 0 unspecified atom stereocenters. The number of imidazole rings is 1. The van der Waals surface area contributed by atoms with Crippen LogP contribution >= 0.6 is 11.6 Å². The molecule has 1 aliphatic heterocycles. The highest BCUT2D eigenvalue weighted by Crippen LogP contribution is 2.25. The van der Waals surface area contributed by atoms with E-state index in [2.05, 4.69) is 49.2 Å². The van der Waals surface area contributed by atoms with E-state index in [0.717, 1.165) is 37.4 Å². The van der Waals surface area contributed by atoms with Crippen molar-refractivity contribution in [2.24, 2.45) is 0 Å².